The number of carbonyl (C=O) groups is 1. The average molecular weight is 560 g/mol. The maximum absolute atomic E-state index is 13.6. The summed E-state index contributed by atoms with van der Waals surface area (Å²) in [5.41, 5.74) is 0.964. The first-order chi connectivity index (χ1) is 18.9. The highest BCUT2D eigenvalue weighted by atomic mass is 19.4. The maximum atomic E-state index is 13.6. The summed E-state index contributed by atoms with van der Waals surface area (Å²) in [6.45, 7) is 1.27. The minimum Gasteiger partial charge on any atom is -0.368 e. The van der Waals surface area contributed by atoms with Crippen molar-refractivity contribution >= 4 is 22.5 Å². The molecule has 0 spiro atoms. The first kappa shape index (κ1) is 27.6. The number of para-hydroxylation sites is 1. The number of aromatic nitrogens is 1. The van der Waals surface area contributed by atoms with Gasteiger partial charge in [0.2, 0.25) is 5.91 Å². The molecule has 1 aliphatic heterocycles. The minimum atomic E-state index is -4.52. The zero-order chi connectivity index (χ0) is 28.7. The SMILES string of the molecule is Cn1cc([C@@H](CC(=O)N2CCN(c3cccc(C(F)(F)F)c3)CC2)c2cccc(C(F)(F)F)c2)c2ccccc21. The Bertz CT molecular complexity index is 1520. The van der Waals surface area contributed by atoms with Crippen LogP contribution >= 0.6 is 0 Å². The quantitative estimate of drug-likeness (QED) is 0.245. The first-order valence-electron chi connectivity index (χ1n) is 12.8. The number of nitrogens with zero attached hydrogens (tertiary/aromatic N) is 3. The van der Waals surface area contributed by atoms with E-state index in [9.17, 15) is 31.1 Å². The second-order valence-corrected chi connectivity index (χ2v) is 10.0. The lowest BCUT2D eigenvalue weighted by Gasteiger charge is -2.37. The molecule has 4 nitrogen and oxygen atoms in total. The zero-order valence-corrected chi connectivity index (χ0v) is 21.6. The van der Waals surface area contributed by atoms with Crippen LogP contribution < -0.4 is 4.90 Å². The van der Waals surface area contributed by atoms with Crippen molar-refractivity contribution in [3.05, 3.63) is 101 Å². The molecular formula is C30H27F6N3O. The highest BCUT2D eigenvalue weighted by molar-refractivity contribution is 5.86. The Balaban J connectivity index is 1.39. The van der Waals surface area contributed by atoms with E-state index in [1.807, 2.05) is 42.1 Å². The zero-order valence-electron chi connectivity index (χ0n) is 21.6. The minimum absolute atomic E-state index is 0.0428. The highest BCUT2D eigenvalue weighted by Gasteiger charge is 2.34. The molecule has 1 atom stereocenters. The van der Waals surface area contributed by atoms with Gasteiger partial charge in [-0.15, -0.1) is 0 Å². The summed E-state index contributed by atoms with van der Waals surface area (Å²) >= 11 is 0. The maximum Gasteiger partial charge on any atom is 0.416 e. The lowest BCUT2D eigenvalue weighted by atomic mass is 9.87. The Kier molecular flexibility index (Phi) is 7.29. The molecule has 2 heterocycles. The molecule has 1 amide bonds. The molecular weight excluding hydrogens is 532 g/mol. The number of hydrogen-bond donors (Lipinski definition) is 0. The predicted octanol–water partition coefficient (Wildman–Crippen LogP) is 7.09. The molecule has 5 rings (SSSR count). The van der Waals surface area contributed by atoms with E-state index in [0.717, 1.165) is 40.7 Å². The van der Waals surface area contributed by atoms with Gasteiger partial charge in [0.25, 0.3) is 0 Å². The average Bonchev–Trinajstić information content (AvgIpc) is 3.27. The normalized spacial score (nSPS) is 15.5. The van der Waals surface area contributed by atoms with Gasteiger partial charge >= 0.3 is 12.4 Å². The second-order valence-electron chi connectivity index (χ2n) is 10.0. The number of anilines is 1. The van der Waals surface area contributed by atoms with E-state index in [1.54, 1.807) is 21.9 Å². The van der Waals surface area contributed by atoms with Gasteiger partial charge in [0.15, 0.2) is 0 Å². The number of benzene rings is 3. The number of alkyl halides is 6. The van der Waals surface area contributed by atoms with Crippen LogP contribution in [0.2, 0.25) is 0 Å². The summed E-state index contributed by atoms with van der Waals surface area (Å²) in [7, 11) is 1.85. The van der Waals surface area contributed by atoms with Crippen LogP contribution in [0.25, 0.3) is 10.9 Å². The summed E-state index contributed by atoms with van der Waals surface area (Å²) in [5.74, 6) is -0.846. The standard InChI is InChI=1S/C30H27F6N3O/c1-37-19-26(24-10-2-3-11-27(24)37)25(20-6-4-7-21(16-20)29(31,32)33)18-28(40)39-14-12-38(13-15-39)23-9-5-8-22(17-23)30(34,35)36/h2-11,16-17,19,25H,12-15,18H2,1H3/t25-/m0/s1. The number of rotatable bonds is 5. The number of piperazine rings is 1. The van der Waals surface area contributed by atoms with Crippen LogP contribution in [0, 0.1) is 0 Å². The van der Waals surface area contributed by atoms with Crippen molar-refractivity contribution in [1.82, 2.24) is 9.47 Å². The van der Waals surface area contributed by atoms with Gasteiger partial charge in [-0.2, -0.15) is 26.3 Å². The van der Waals surface area contributed by atoms with Gasteiger partial charge in [0, 0.05) is 68.4 Å². The lowest BCUT2D eigenvalue weighted by Crippen LogP contribution is -2.49. The molecule has 1 fully saturated rings. The molecule has 210 valence electrons. The van der Waals surface area contributed by atoms with E-state index in [0.29, 0.717) is 37.4 Å². The summed E-state index contributed by atoms with van der Waals surface area (Å²) in [4.78, 5) is 17.0. The molecule has 0 unspecified atom stereocenters. The van der Waals surface area contributed by atoms with Crippen molar-refractivity contribution in [1.29, 1.82) is 0 Å². The van der Waals surface area contributed by atoms with Crippen LogP contribution in [0.4, 0.5) is 32.0 Å². The van der Waals surface area contributed by atoms with Crippen molar-refractivity contribution in [2.45, 2.75) is 24.7 Å². The van der Waals surface area contributed by atoms with Crippen molar-refractivity contribution in [2.75, 3.05) is 31.1 Å². The monoisotopic (exact) mass is 559 g/mol. The number of carbonyl (C=O) groups excluding carboxylic acids is 1. The molecule has 40 heavy (non-hydrogen) atoms. The van der Waals surface area contributed by atoms with Crippen LogP contribution in [0.15, 0.2) is 79.0 Å². The molecule has 4 aromatic rings. The van der Waals surface area contributed by atoms with Gasteiger partial charge in [-0.3, -0.25) is 4.79 Å². The van der Waals surface area contributed by atoms with Gasteiger partial charge in [0.05, 0.1) is 11.1 Å². The Morgan fingerprint density at radius 3 is 2.10 bits per heavy atom. The number of amides is 1. The van der Waals surface area contributed by atoms with Crippen LogP contribution in [-0.4, -0.2) is 41.6 Å². The Labute approximate surface area is 227 Å². The van der Waals surface area contributed by atoms with Crippen molar-refractivity contribution in [3.63, 3.8) is 0 Å². The fourth-order valence-electron chi connectivity index (χ4n) is 5.39. The molecule has 1 saturated heterocycles. The Morgan fingerprint density at radius 2 is 1.43 bits per heavy atom. The molecule has 1 aliphatic rings. The summed E-state index contributed by atoms with van der Waals surface area (Å²) < 4.78 is 82.1. The van der Waals surface area contributed by atoms with E-state index < -0.39 is 29.4 Å². The third kappa shape index (κ3) is 5.66. The van der Waals surface area contributed by atoms with Gasteiger partial charge in [-0.1, -0.05) is 42.5 Å². The first-order valence-corrected chi connectivity index (χ1v) is 12.8. The van der Waals surface area contributed by atoms with E-state index in [1.165, 1.54) is 12.1 Å². The smallest absolute Gasteiger partial charge is 0.368 e. The summed E-state index contributed by atoms with van der Waals surface area (Å²) in [6, 6.07) is 17.7. The molecule has 0 radical (unpaired) electrons. The van der Waals surface area contributed by atoms with Crippen molar-refractivity contribution < 1.29 is 31.1 Å². The van der Waals surface area contributed by atoms with Crippen LogP contribution in [0.3, 0.4) is 0 Å². The number of halogens is 6. The van der Waals surface area contributed by atoms with E-state index in [4.69, 9.17) is 0 Å². The van der Waals surface area contributed by atoms with E-state index >= 15 is 0 Å². The highest BCUT2D eigenvalue weighted by Crippen LogP contribution is 2.38. The molecule has 3 aromatic carbocycles. The predicted molar refractivity (Wildman–Crippen MR) is 141 cm³/mol. The van der Waals surface area contributed by atoms with Crippen LogP contribution in [0.1, 0.15) is 34.6 Å². The lowest BCUT2D eigenvalue weighted by molar-refractivity contribution is -0.138. The molecule has 0 saturated carbocycles. The Hall–Kier alpha value is -3.95. The van der Waals surface area contributed by atoms with Gasteiger partial charge in [-0.25, -0.2) is 0 Å². The third-order valence-electron chi connectivity index (χ3n) is 7.47. The number of fused-ring (bicyclic) bond motifs is 1. The third-order valence-corrected chi connectivity index (χ3v) is 7.47. The van der Waals surface area contributed by atoms with Crippen LogP contribution in [-0.2, 0) is 24.2 Å². The Morgan fingerprint density at radius 1 is 0.800 bits per heavy atom. The van der Waals surface area contributed by atoms with Gasteiger partial charge in [0.1, 0.15) is 0 Å². The molecule has 0 N–H and O–H groups in total. The fourth-order valence-corrected chi connectivity index (χ4v) is 5.39. The van der Waals surface area contributed by atoms with Crippen molar-refractivity contribution in [2.24, 2.45) is 7.05 Å². The topological polar surface area (TPSA) is 28.5 Å². The van der Waals surface area contributed by atoms with Crippen molar-refractivity contribution in [3.8, 4) is 0 Å². The van der Waals surface area contributed by atoms with Crippen LogP contribution in [0.5, 0.6) is 0 Å². The number of hydrogen-bond acceptors (Lipinski definition) is 2. The molecule has 0 aliphatic carbocycles. The molecule has 0 bridgehead atoms. The largest absolute Gasteiger partial charge is 0.416 e. The molecule has 1 aromatic heterocycles. The second kappa shape index (κ2) is 10.6. The summed E-state index contributed by atoms with van der Waals surface area (Å²) in [6.07, 6.45) is -7.16. The number of aryl methyl sites for hydroxylation is 1. The van der Waals surface area contributed by atoms with Gasteiger partial charge in [-0.05, 0) is 41.5 Å². The van der Waals surface area contributed by atoms with E-state index in [-0.39, 0.29) is 12.3 Å². The summed E-state index contributed by atoms with van der Waals surface area (Å²) in [5, 5.41) is 0.856. The molecule has 10 heteroatoms. The van der Waals surface area contributed by atoms with E-state index in [2.05, 4.69) is 0 Å². The fraction of sp³-hybridized carbons (Fsp3) is 0.300. The van der Waals surface area contributed by atoms with Gasteiger partial charge < -0.3 is 14.4 Å².